The van der Waals surface area contributed by atoms with Gasteiger partial charge >= 0.3 is 0 Å². The summed E-state index contributed by atoms with van der Waals surface area (Å²) in [5, 5.41) is 0. The highest BCUT2D eigenvalue weighted by atomic mass is 16.1. The third-order valence-electron chi connectivity index (χ3n) is 9.47. The van der Waals surface area contributed by atoms with Crippen molar-refractivity contribution in [3.63, 3.8) is 0 Å². The number of hydrogen-bond acceptors (Lipinski definition) is 3. The number of benzene rings is 1. The second-order valence-corrected chi connectivity index (χ2v) is 11.3. The van der Waals surface area contributed by atoms with E-state index in [1.165, 1.54) is 43.4 Å². The number of para-hydroxylation sites is 1. The summed E-state index contributed by atoms with van der Waals surface area (Å²) < 4.78 is 0. The van der Waals surface area contributed by atoms with Crippen LogP contribution in [-0.2, 0) is 9.59 Å². The van der Waals surface area contributed by atoms with Crippen LogP contribution < -0.4 is 4.90 Å². The lowest BCUT2D eigenvalue weighted by atomic mass is 9.66. The van der Waals surface area contributed by atoms with E-state index in [-0.39, 0.29) is 0 Å². The Bertz CT molecular complexity index is 818. The smallest absolute Gasteiger partial charge is 0.136 e. The normalized spacial score (nSPS) is 34.2. The Kier molecular flexibility index (Phi) is 6.71. The highest BCUT2D eigenvalue weighted by Gasteiger charge is 2.53. The van der Waals surface area contributed by atoms with Crippen LogP contribution in [-0.4, -0.2) is 24.7 Å². The Morgan fingerprint density at radius 2 is 1.53 bits per heavy atom. The van der Waals surface area contributed by atoms with E-state index in [1.807, 2.05) is 0 Å². The van der Waals surface area contributed by atoms with Crippen molar-refractivity contribution < 1.29 is 9.59 Å². The van der Waals surface area contributed by atoms with Crippen LogP contribution in [0.4, 0.5) is 5.69 Å². The van der Waals surface area contributed by atoms with E-state index in [1.54, 1.807) is 0 Å². The van der Waals surface area contributed by atoms with Crippen molar-refractivity contribution in [1.29, 1.82) is 0 Å². The second-order valence-electron chi connectivity index (χ2n) is 11.3. The number of hydrogen-bond donors (Lipinski definition) is 0. The van der Waals surface area contributed by atoms with Crippen molar-refractivity contribution in [3.05, 3.63) is 29.8 Å². The molecule has 1 heterocycles. The first-order valence-electron chi connectivity index (χ1n) is 13.5. The summed E-state index contributed by atoms with van der Waals surface area (Å²) in [6.45, 7) is 4.33. The zero-order chi connectivity index (χ0) is 22.1. The van der Waals surface area contributed by atoms with Gasteiger partial charge in [0.25, 0.3) is 0 Å². The molecule has 0 radical (unpaired) electrons. The van der Waals surface area contributed by atoms with Crippen molar-refractivity contribution in [2.45, 2.75) is 84.0 Å². The Morgan fingerprint density at radius 3 is 2.28 bits per heavy atom. The highest BCUT2D eigenvalue weighted by Crippen LogP contribution is 2.53. The molecular weight excluding hydrogens is 394 g/mol. The second kappa shape index (κ2) is 9.69. The number of anilines is 1. The molecule has 4 fully saturated rings. The van der Waals surface area contributed by atoms with Gasteiger partial charge in [-0.2, -0.15) is 0 Å². The molecule has 3 aliphatic carbocycles. The minimum atomic E-state index is 0.293. The Hall–Kier alpha value is -1.64. The van der Waals surface area contributed by atoms with E-state index in [0.717, 1.165) is 57.0 Å². The first kappa shape index (κ1) is 22.2. The SMILES string of the molecule is Cc1ccccc1N1CCC2C(CC1)C2C(=O)CCCC(=O)C1CCC2CCCCC2C1. The molecule has 0 spiro atoms. The molecule has 1 aromatic carbocycles. The molecule has 1 saturated heterocycles. The lowest BCUT2D eigenvalue weighted by Crippen LogP contribution is -2.31. The maximum atomic E-state index is 12.9. The van der Waals surface area contributed by atoms with E-state index in [2.05, 4.69) is 36.1 Å². The quantitative estimate of drug-likeness (QED) is 0.499. The molecule has 0 amide bonds. The first-order valence-corrected chi connectivity index (χ1v) is 13.5. The monoisotopic (exact) mass is 435 g/mol. The summed E-state index contributed by atoms with van der Waals surface area (Å²) in [4.78, 5) is 28.2. The van der Waals surface area contributed by atoms with Crippen LogP contribution in [0, 0.1) is 42.4 Å². The molecule has 5 unspecified atom stereocenters. The predicted octanol–water partition coefficient (Wildman–Crippen LogP) is 6.37. The Morgan fingerprint density at radius 1 is 0.844 bits per heavy atom. The van der Waals surface area contributed by atoms with Gasteiger partial charge < -0.3 is 4.90 Å². The zero-order valence-corrected chi connectivity index (χ0v) is 19.9. The molecular formula is C29H41NO2. The van der Waals surface area contributed by atoms with Crippen molar-refractivity contribution in [3.8, 4) is 0 Å². The summed E-state index contributed by atoms with van der Waals surface area (Å²) in [7, 11) is 0. The molecule has 1 aromatic rings. The topological polar surface area (TPSA) is 37.4 Å². The molecule has 1 aliphatic heterocycles. The predicted molar refractivity (Wildman–Crippen MR) is 130 cm³/mol. The number of carbonyl (C=O) groups excluding carboxylic acids is 2. The zero-order valence-electron chi connectivity index (χ0n) is 19.9. The maximum Gasteiger partial charge on any atom is 0.136 e. The third kappa shape index (κ3) is 4.68. The van der Waals surface area contributed by atoms with Crippen molar-refractivity contribution >= 4 is 17.3 Å². The fourth-order valence-electron chi connectivity index (χ4n) is 7.56. The molecule has 3 saturated carbocycles. The molecule has 174 valence electrons. The highest BCUT2D eigenvalue weighted by molar-refractivity contribution is 5.86. The molecule has 5 atom stereocenters. The number of ketones is 2. The van der Waals surface area contributed by atoms with E-state index in [0.29, 0.717) is 48.1 Å². The van der Waals surface area contributed by atoms with Crippen LogP contribution in [0.2, 0.25) is 0 Å². The van der Waals surface area contributed by atoms with Gasteiger partial charge in [0.1, 0.15) is 11.6 Å². The number of nitrogens with zero attached hydrogens (tertiary/aromatic N) is 1. The molecule has 0 bridgehead atoms. The first-order chi connectivity index (χ1) is 15.6. The fraction of sp³-hybridized carbons (Fsp3) is 0.724. The molecule has 5 rings (SSSR count). The van der Waals surface area contributed by atoms with Gasteiger partial charge in [-0.05, 0) is 80.8 Å². The van der Waals surface area contributed by atoms with Crippen molar-refractivity contribution in [2.24, 2.45) is 35.5 Å². The number of rotatable bonds is 7. The number of Topliss-reactive ketones (excluding diaryl/α,β-unsaturated/α-hetero) is 2. The fourth-order valence-corrected chi connectivity index (χ4v) is 7.56. The average Bonchev–Trinajstić information content (AvgIpc) is 3.55. The lowest BCUT2D eigenvalue weighted by Gasteiger charge is -2.38. The number of carbonyl (C=O) groups is 2. The standard InChI is InChI=1S/C29H41NO2/c1-20-7-2-5-10-26(20)30-17-15-24-25(16-18-30)29(24)28(32)12-6-11-27(31)23-14-13-21-8-3-4-9-22(21)19-23/h2,5,7,10,21-25,29H,3-4,6,8-9,11-19H2,1H3. The summed E-state index contributed by atoms with van der Waals surface area (Å²) in [6, 6.07) is 8.65. The molecule has 4 aliphatic rings. The van der Waals surface area contributed by atoms with Gasteiger partial charge in [-0.25, -0.2) is 0 Å². The van der Waals surface area contributed by atoms with Crippen LogP contribution in [0.5, 0.6) is 0 Å². The van der Waals surface area contributed by atoms with Crippen molar-refractivity contribution in [1.82, 2.24) is 0 Å². The summed E-state index contributed by atoms with van der Waals surface area (Å²) >= 11 is 0. The maximum absolute atomic E-state index is 12.9. The van der Waals surface area contributed by atoms with Gasteiger partial charge in [0, 0.05) is 43.5 Å². The molecule has 32 heavy (non-hydrogen) atoms. The van der Waals surface area contributed by atoms with Crippen LogP contribution in [0.3, 0.4) is 0 Å². The summed E-state index contributed by atoms with van der Waals surface area (Å²) in [5.74, 6) is 4.39. The minimum Gasteiger partial charge on any atom is -0.371 e. The van der Waals surface area contributed by atoms with Gasteiger partial charge in [0.15, 0.2) is 0 Å². The number of fused-ring (bicyclic) bond motifs is 2. The van der Waals surface area contributed by atoms with Crippen LogP contribution >= 0.6 is 0 Å². The van der Waals surface area contributed by atoms with Crippen molar-refractivity contribution in [2.75, 3.05) is 18.0 Å². The van der Waals surface area contributed by atoms with E-state index < -0.39 is 0 Å². The molecule has 3 nitrogen and oxygen atoms in total. The van der Waals surface area contributed by atoms with E-state index in [9.17, 15) is 9.59 Å². The lowest BCUT2D eigenvalue weighted by molar-refractivity contribution is -0.125. The molecule has 3 heteroatoms. The Labute approximate surface area is 194 Å². The van der Waals surface area contributed by atoms with Gasteiger partial charge in [0.05, 0.1) is 0 Å². The van der Waals surface area contributed by atoms with Gasteiger partial charge in [-0.1, -0.05) is 43.9 Å². The molecule has 0 N–H and O–H groups in total. The average molecular weight is 436 g/mol. The van der Waals surface area contributed by atoms with Crippen LogP contribution in [0.15, 0.2) is 24.3 Å². The minimum absolute atomic E-state index is 0.293. The van der Waals surface area contributed by atoms with Crippen LogP contribution in [0.1, 0.15) is 82.6 Å². The largest absolute Gasteiger partial charge is 0.371 e. The van der Waals surface area contributed by atoms with E-state index >= 15 is 0 Å². The van der Waals surface area contributed by atoms with Gasteiger partial charge in [-0.3, -0.25) is 9.59 Å². The van der Waals surface area contributed by atoms with Gasteiger partial charge in [0.2, 0.25) is 0 Å². The molecule has 0 aromatic heterocycles. The van der Waals surface area contributed by atoms with E-state index in [4.69, 9.17) is 0 Å². The van der Waals surface area contributed by atoms with Gasteiger partial charge in [-0.15, -0.1) is 0 Å². The Balaban J connectivity index is 1.04. The van der Waals surface area contributed by atoms with Crippen LogP contribution in [0.25, 0.3) is 0 Å². The third-order valence-corrected chi connectivity index (χ3v) is 9.47. The summed E-state index contributed by atoms with van der Waals surface area (Å²) in [5.41, 5.74) is 2.70. The number of aryl methyl sites for hydroxylation is 1. The summed E-state index contributed by atoms with van der Waals surface area (Å²) in [6.07, 6.45) is 13.3.